The molecule has 0 spiro atoms. The van der Waals surface area contributed by atoms with Crippen LogP contribution in [-0.2, 0) is 0 Å². The molecule has 0 aromatic heterocycles. The lowest BCUT2D eigenvalue weighted by molar-refractivity contribution is 0.0675. The summed E-state index contributed by atoms with van der Waals surface area (Å²) in [7, 11) is 0. The SMILES string of the molecule is CC1CCC(Oc2ccc(Br)cc2C(=O)O)CC1C. The number of rotatable bonds is 3. The first-order valence-corrected chi connectivity index (χ1v) is 7.46. The lowest BCUT2D eigenvalue weighted by Crippen LogP contribution is -2.29. The van der Waals surface area contributed by atoms with Gasteiger partial charge in [0.05, 0.1) is 6.10 Å². The molecule has 2 rings (SSSR count). The molecule has 0 heterocycles. The first-order valence-electron chi connectivity index (χ1n) is 6.67. The molecule has 3 atom stereocenters. The Morgan fingerprint density at radius 2 is 2.05 bits per heavy atom. The molecule has 3 unspecified atom stereocenters. The average molecular weight is 327 g/mol. The van der Waals surface area contributed by atoms with Crippen LogP contribution >= 0.6 is 15.9 Å². The highest BCUT2D eigenvalue weighted by Crippen LogP contribution is 2.33. The number of carboxylic acids is 1. The quantitative estimate of drug-likeness (QED) is 0.898. The Hall–Kier alpha value is -1.03. The summed E-state index contributed by atoms with van der Waals surface area (Å²) in [5.41, 5.74) is 0.223. The normalized spacial score (nSPS) is 27.0. The predicted octanol–water partition coefficient (Wildman–Crippen LogP) is 4.35. The van der Waals surface area contributed by atoms with Crippen LogP contribution in [0.2, 0.25) is 0 Å². The minimum Gasteiger partial charge on any atom is -0.490 e. The second kappa shape index (κ2) is 5.95. The molecule has 19 heavy (non-hydrogen) atoms. The van der Waals surface area contributed by atoms with Crippen LogP contribution < -0.4 is 4.74 Å². The number of benzene rings is 1. The first kappa shape index (κ1) is 14.4. The van der Waals surface area contributed by atoms with Crippen LogP contribution in [0.5, 0.6) is 5.75 Å². The Labute approximate surface area is 122 Å². The summed E-state index contributed by atoms with van der Waals surface area (Å²) in [6.07, 6.45) is 3.27. The summed E-state index contributed by atoms with van der Waals surface area (Å²) in [5, 5.41) is 9.21. The monoisotopic (exact) mass is 326 g/mol. The number of aromatic carboxylic acids is 1. The fourth-order valence-electron chi connectivity index (χ4n) is 2.56. The van der Waals surface area contributed by atoms with Gasteiger partial charge in [0.2, 0.25) is 0 Å². The van der Waals surface area contributed by atoms with E-state index in [0.717, 1.165) is 29.7 Å². The van der Waals surface area contributed by atoms with Crippen molar-refractivity contribution in [1.82, 2.24) is 0 Å². The van der Waals surface area contributed by atoms with E-state index in [4.69, 9.17) is 4.74 Å². The highest BCUT2D eigenvalue weighted by molar-refractivity contribution is 9.10. The van der Waals surface area contributed by atoms with E-state index in [2.05, 4.69) is 29.8 Å². The van der Waals surface area contributed by atoms with Crippen molar-refractivity contribution in [2.24, 2.45) is 11.8 Å². The van der Waals surface area contributed by atoms with Crippen molar-refractivity contribution in [3.63, 3.8) is 0 Å². The Kier molecular flexibility index (Phi) is 4.50. The summed E-state index contributed by atoms with van der Waals surface area (Å²) >= 11 is 3.29. The Balaban J connectivity index is 2.13. The van der Waals surface area contributed by atoms with Gasteiger partial charge in [0.1, 0.15) is 11.3 Å². The smallest absolute Gasteiger partial charge is 0.339 e. The number of carbonyl (C=O) groups is 1. The van der Waals surface area contributed by atoms with E-state index in [1.165, 1.54) is 0 Å². The lowest BCUT2D eigenvalue weighted by atomic mass is 9.80. The van der Waals surface area contributed by atoms with Crippen molar-refractivity contribution in [2.45, 2.75) is 39.2 Å². The zero-order chi connectivity index (χ0) is 14.0. The van der Waals surface area contributed by atoms with Gasteiger partial charge in [0.15, 0.2) is 0 Å². The van der Waals surface area contributed by atoms with Crippen LogP contribution in [0.4, 0.5) is 0 Å². The van der Waals surface area contributed by atoms with Gasteiger partial charge in [-0.2, -0.15) is 0 Å². The van der Waals surface area contributed by atoms with E-state index in [1.54, 1.807) is 12.1 Å². The van der Waals surface area contributed by atoms with E-state index in [1.807, 2.05) is 6.07 Å². The van der Waals surface area contributed by atoms with Gasteiger partial charge in [-0.1, -0.05) is 29.8 Å². The third-order valence-corrected chi connectivity index (χ3v) is 4.51. The van der Waals surface area contributed by atoms with Crippen molar-refractivity contribution in [3.8, 4) is 5.75 Å². The lowest BCUT2D eigenvalue weighted by Gasteiger charge is -2.32. The number of hydrogen-bond donors (Lipinski definition) is 1. The molecule has 1 aromatic carbocycles. The van der Waals surface area contributed by atoms with Gasteiger partial charge < -0.3 is 9.84 Å². The number of carboxylic acid groups (broad SMARTS) is 1. The van der Waals surface area contributed by atoms with Crippen molar-refractivity contribution < 1.29 is 14.6 Å². The Morgan fingerprint density at radius 1 is 1.32 bits per heavy atom. The molecular formula is C15H19BrO3. The van der Waals surface area contributed by atoms with Crippen LogP contribution in [-0.4, -0.2) is 17.2 Å². The van der Waals surface area contributed by atoms with Gasteiger partial charge in [0.25, 0.3) is 0 Å². The van der Waals surface area contributed by atoms with Crippen LogP contribution in [0.25, 0.3) is 0 Å². The van der Waals surface area contributed by atoms with Crippen molar-refractivity contribution in [3.05, 3.63) is 28.2 Å². The van der Waals surface area contributed by atoms with Crippen molar-refractivity contribution in [1.29, 1.82) is 0 Å². The molecule has 0 saturated heterocycles. The largest absolute Gasteiger partial charge is 0.490 e. The van der Waals surface area contributed by atoms with Crippen molar-refractivity contribution in [2.75, 3.05) is 0 Å². The summed E-state index contributed by atoms with van der Waals surface area (Å²) in [5.74, 6) is 0.877. The topological polar surface area (TPSA) is 46.5 Å². The predicted molar refractivity (Wildman–Crippen MR) is 77.7 cm³/mol. The van der Waals surface area contributed by atoms with Crippen LogP contribution in [0.3, 0.4) is 0 Å². The fraction of sp³-hybridized carbons (Fsp3) is 0.533. The molecule has 4 heteroatoms. The van der Waals surface area contributed by atoms with Gasteiger partial charge >= 0.3 is 5.97 Å². The molecule has 1 aromatic rings. The molecule has 104 valence electrons. The van der Waals surface area contributed by atoms with Crippen LogP contribution in [0.15, 0.2) is 22.7 Å². The molecule has 1 fully saturated rings. The molecule has 0 aliphatic heterocycles. The van der Waals surface area contributed by atoms with Gasteiger partial charge in [-0.05, 0) is 49.3 Å². The molecule has 0 bridgehead atoms. The molecule has 1 saturated carbocycles. The molecule has 0 radical (unpaired) electrons. The van der Waals surface area contributed by atoms with Gasteiger partial charge in [0, 0.05) is 4.47 Å². The minimum absolute atomic E-state index is 0.130. The molecule has 3 nitrogen and oxygen atoms in total. The molecule has 0 amide bonds. The highest BCUT2D eigenvalue weighted by Gasteiger charge is 2.26. The van der Waals surface area contributed by atoms with E-state index in [0.29, 0.717) is 11.7 Å². The Bertz CT molecular complexity index is 472. The second-order valence-electron chi connectivity index (χ2n) is 5.45. The van der Waals surface area contributed by atoms with Gasteiger partial charge in [-0.15, -0.1) is 0 Å². The maximum absolute atomic E-state index is 11.2. The minimum atomic E-state index is -0.950. The zero-order valence-corrected chi connectivity index (χ0v) is 12.8. The van der Waals surface area contributed by atoms with E-state index >= 15 is 0 Å². The Morgan fingerprint density at radius 3 is 2.68 bits per heavy atom. The van der Waals surface area contributed by atoms with E-state index in [-0.39, 0.29) is 11.7 Å². The van der Waals surface area contributed by atoms with Crippen LogP contribution in [0.1, 0.15) is 43.5 Å². The molecule has 1 aliphatic carbocycles. The summed E-state index contributed by atoms with van der Waals surface area (Å²) in [6.45, 7) is 4.50. The number of hydrogen-bond acceptors (Lipinski definition) is 2. The first-order chi connectivity index (χ1) is 8.97. The highest BCUT2D eigenvalue weighted by atomic mass is 79.9. The molecule has 1 aliphatic rings. The number of halogens is 1. The number of ether oxygens (including phenoxy) is 1. The van der Waals surface area contributed by atoms with E-state index < -0.39 is 5.97 Å². The van der Waals surface area contributed by atoms with E-state index in [9.17, 15) is 9.90 Å². The maximum Gasteiger partial charge on any atom is 0.339 e. The van der Waals surface area contributed by atoms with Crippen LogP contribution in [0, 0.1) is 11.8 Å². The van der Waals surface area contributed by atoms with Gasteiger partial charge in [-0.3, -0.25) is 0 Å². The van der Waals surface area contributed by atoms with Crippen molar-refractivity contribution >= 4 is 21.9 Å². The maximum atomic E-state index is 11.2. The molecule has 1 N–H and O–H groups in total. The third-order valence-electron chi connectivity index (χ3n) is 4.02. The second-order valence-corrected chi connectivity index (χ2v) is 6.37. The average Bonchev–Trinajstić information content (AvgIpc) is 2.36. The standard InChI is InChI=1S/C15H19BrO3/c1-9-3-5-12(7-10(9)2)19-14-6-4-11(16)8-13(14)15(17)18/h4,6,8-10,12H,3,5,7H2,1-2H3,(H,17,18). The summed E-state index contributed by atoms with van der Waals surface area (Å²) in [4.78, 5) is 11.2. The summed E-state index contributed by atoms with van der Waals surface area (Å²) < 4.78 is 6.67. The fourth-order valence-corrected chi connectivity index (χ4v) is 2.92. The van der Waals surface area contributed by atoms with Gasteiger partial charge in [-0.25, -0.2) is 4.79 Å². The third kappa shape index (κ3) is 3.50. The molecular weight excluding hydrogens is 308 g/mol. The summed E-state index contributed by atoms with van der Waals surface area (Å²) in [6, 6.07) is 5.14. The zero-order valence-electron chi connectivity index (χ0n) is 11.2.